The third-order valence-electron chi connectivity index (χ3n) is 5.67. The summed E-state index contributed by atoms with van der Waals surface area (Å²) in [6.07, 6.45) is 1.37. The molecule has 1 aliphatic rings. The molecule has 0 radical (unpaired) electrons. The Morgan fingerprint density at radius 3 is 2.41 bits per heavy atom. The lowest BCUT2D eigenvalue weighted by molar-refractivity contribution is -0.122. The van der Waals surface area contributed by atoms with Crippen molar-refractivity contribution in [1.29, 1.82) is 0 Å². The van der Waals surface area contributed by atoms with Gasteiger partial charge in [-0.15, -0.1) is 0 Å². The van der Waals surface area contributed by atoms with Crippen LogP contribution < -0.4 is 19.7 Å². The number of ether oxygens (including phenoxy) is 2. The molecule has 4 amide bonds. The van der Waals surface area contributed by atoms with E-state index in [2.05, 4.69) is 5.32 Å². The minimum absolute atomic E-state index is 0.160. The quantitative estimate of drug-likeness (QED) is 0.283. The Balaban J connectivity index is 1.68. The van der Waals surface area contributed by atoms with Crippen molar-refractivity contribution in [2.75, 3.05) is 11.5 Å². The normalized spacial score (nSPS) is 14.7. The smallest absolute Gasteiger partial charge is 0.335 e. The van der Waals surface area contributed by atoms with Gasteiger partial charge in [0.1, 0.15) is 12.2 Å². The Kier molecular flexibility index (Phi) is 7.86. The fourth-order valence-electron chi connectivity index (χ4n) is 3.94. The molecule has 3 aromatic carbocycles. The average Bonchev–Trinajstić information content (AvgIpc) is 2.83. The molecule has 0 saturated carbocycles. The summed E-state index contributed by atoms with van der Waals surface area (Å²) in [5.74, 6) is -0.907. The van der Waals surface area contributed by atoms with E-state index in [9.17, 15) is 14.4 Å². The summed E-state index contributed by atoms with van der Waals surface area (Å²) in [4.78, 5) is 39.5. The molecule has 37 heavy (non-hydrogen) atoms. The third kappa shape index (κ3) is 5.63. The largest absolute Gasteiger partial charge is 0.490 e. The summed E-state index contributed by atoms with van der Waals surface area (Å²) in [6, 6.07) is 14.9. The van der Waals surface area contributed by atoms with Crippen LogP contribution in [0.5, 0.6) is 11.5 Å². The standard InChI is InChI=1S/C28H24Cl2N2O5/c1-4-36-24-14-18(13-22(30)25(24)37-15-19-7-5-6-8-21(19)29)12-20-26(33)31-28(35)32(27(20)34)23-10-9-16(2)11-17(23)3/h5-14H,4,15H2,1-3H3,(H,31,33,35)/b20-12+. The number of benzene rings is 3. The number of aryl methyl sites for hydroxylation is 2. The average molecular weight is 539 g/mol. The molecular weight excluding hydrogens is 515 g/mol. The van der Waals surface area contributed by atoms with Crippen LogP contribution in [0.3, 0.4) is 0 Å². The van der Waals surface area contributed by atoms with Crippen LogP contribution >= 0.6 is 23.2 Å². The highest BCUT2D eigenvalue weighted by Gasteiger charge is 2.37. The fourth-order valence-corrected chi connectivity index (χ4v) is 4.40. The number of amides is 4. The Hall–Kier alpha value is -3.81. The van der Waals surface area contributed by atoms with Crippen molar-refractivity contribution in [3.05, 3.63) is 92.5 Å². The van der Waals surface area contributed by atoms with Gasteiger partial charge >= 0.3 is 6.03 Å². The van der Waals surface area contributed by atoms with Gasteiger partial charge in [0.15, 0.2) is 11.5 Å². The van der Waals surface area contributed by atoms with Crippen LogP contribution in [-0.4, -0.2) is 24.5 Å². The van der Waals surface area contributed by atoms with E-state index in [1.54, 1.807) is 37.3 Å². The summed E-state index contributed by atoms with van der Waals surface area (Å²) in [6.45, 7) is 5.99. The minimum Gasteiger partial charge on any atom is -0.490 e. The topological polar surface area (TPSA) is 84.9 Å². The van der Waals surface area contributed by atoms with Gasteiger partial charge < -0.3 is 9.47 Å². The Morgan fingerprint density at radius 1 is 0.946 bits per heavy atom. The summed E-state index contributed by atoms with van der Waals surface area (Å²) in [7, 11) is 0. The van der Waals surface area contributed by atoms with Crippen LogP contribution in [-0.2, 0) is 16.2 Å². The number of carbonyl (C=O) groups is 3. The Bertz CT molecular complexity index is 1430. The molecule has 1 aliphatic heterocycles. The van der Waals surface area contributed by atoms with E-state index in [0.29, 0.717) is 34.4 Å². The third-order valence-corrected chi connectivity index (χ3v) is 6.32. The van der Waals surface area contributed by atoms with Gasteiger partial charge in [0, 0.05) is 10.6 Å². The van der Waals surface area contributed by atoms with E-state index < -0.39 is 17.8 Å². The molecule has 0 atom stereocenters. The molecule has 0 spiro atoms. The number of nitrogens with one attached hydrogen (secondary N) is 1. The van der Waals surface area contributed by atoms with Gasteiger partial charge in [0.25, 0.3) is 11.8 Å². The zero-order valence-corrected chi connectivity index (χ0v) is 21.9. The van der Waals surface area contributed by atoms with Gasteiger partial charge in [-0.3, -0.25) is 14.9 Å². The molecule has 0 aliphatic carbocycles. The van der Waals surface area contributed by atoms with Crippen molar-refractivity contribution >= 4 is 52.8 Å². The van der Waals surface area contributed by atoms with Gasteiger partial charge in [-0.1, -0.05) is 59.1 Å². The number of carbonyl (C=O) groups excluding carboxylic acids is 3. The SMILES string of the molecule is CCOc1cc(/C=C2\C(=O)NC(=O)N(c3ccc(C)cc3C)C2=O)cc(Cl)c1OCc1ccccc1Cl. The van der Waals surface area contributed by atoms with E-state index in [-0.39, 0.29) is 17.2 Å². The lowest BCUT2D eigenvalue weighted by Crippen LogP contribution is -2.54. The first kappa shape index (κ1) is 26.3. The van der Waals surface area contributed by atoms with Gasteiger partial charge in [-0.2, -0.15) is 0 Å². The lowest BCUT2D eigenvalue weighted by atomic mass is 10.0. The van der Waals surface area contributed by atoms with E-state index in [1.807, 2.05) is 38.1 Å². The van der Waals surface area contributed by atoms with Crippen molar-refractivity contribution in [3.8, 4) is 11.5 Å². The van der Waals surface area contributed by atoms with Gasteiger partial charge in [0.05, 0.1) is 17.3 Å². The van der Waals surface area contributed by atoms with Gasteiger partial charge in [-0.05, 0) is 62.2 Å². The number of hydrogen-bond donors (Lipinski definition) is 1. The second kappa shape index (κ2) is 11.1. The second-order valence-electron chi connectivity index (χ2n) is 8.39. The van der Waals surface area contributed by atoms with Crippen LogP contribution in [0.15, 0.2) is 60.2 Å². The van der Waals surface area contributed by atoms with Crippen LogP contribution in [0, 0.1) is 13.8 Å². The summed E-state index contributed by atoms with van der Waals surface area (Å²) >= 11 is 12.8. The summed E-state index contributed by atoms with van der Waals surface area (Å²) in [5.41, 5.74) is 3.07. The van der Waals surface area contributed by atoms with E-state index in [4.69, 9.17) is 32.7 Å². The second-order valence-corrected chi connectivity index (χ2v) is 9.21. The number of rotatable bonds is 7. The molecular formula is C28H24Cl2N2O5. The summed E-state index contributed by atoms with van der Waals surface area (Å²) in [5, 5.41) is 3.01. The number of barbiturate groups is 1. The summed E-state index contributed by atoms with van der Waals surface area (Å²) < 4.78 is 11.7. The molecule has 1 fully saturated rings. The first-order chi connectivity index (χ1) is 17.7. The Labute approximate surface area is 224 Å². The van der Waals surface area contributed by atoms with E-state index >= 15 is 0 Å². The van der Waals surface area contributed by atoms with Gasteiger partial charge in [-0.25, -0.2) is 9.69 Å². The monoisotopic (exact) mass is 538 g/mol. The van der Waals surface area contributed by atoms with Crippen molar-refractivity contribution in [2.45, 2.75) is 27.4 Å². The number of imide groups is 2. The maximum absolute atomic E-state index is 13.3. The number of halogens is 2. The highest BCUT2D eigenvalue weighted by molar-refractivity contribution is 6.39. The molecule has 9 heteroatoms. The van der Waals surface area contributed by atoms with E-state index in [1.165, 1.54) is 6.08 Å². The molecule has 1 N–H and O–H groups in total. The van der Waals surface area contributed by atoms with Crippen molar-refractivity contribution in [2.24, 2.45) is 0 Å². The van der Waals surface area contributed by atoms with Gasteiger partial charge in [0.2, 0.25) is 0 Å². The molecule has 190 valence electrons. The molecule has 1 saturated heterocycles. The maximum Gasteiger partial charge on any atom is 0.335 e. The predicted octanol–water partition coefficient (Wildman–Crippen LogP) is 6.25. The number of nitrogens with zero attached hydrogens (tertiary/aromatic N) is 1. The molecule has 7 nitrogen and oxygen atoms in total. The number of urea groups is 1. The fraction of sp³-hybridized carbons (Fsp3) is 0.179. The van der Waals surface area contributed by atoms with Crippen LogP contribution in [0.2, 0.25) is 10.0 Å². The first-order valence-corrected chi connectivity index (χ1v) is 12.3. The Morgan fingerprint density at radius 2 is 1.70 bits per heavy atom. The van der Waals surface area contributed by atoms with Crippen molar-refractivity contribution in [3.63, 3.8) is 0 Å². The molecule has 0 unspecified atom stereocenters. The molecule has 0 aromatic heterocycles. The highest BCUT2D eigenvalue weighted by atomic mass is 35.5. The van der Waals surface area contributed by atoms with Crippen LogP contribution in [0.25, 0.3) is 6.08 Å². The number of anilines is 1. The molecule has 0 bridgehead atoms. The zero-order chi connectivity index (χ0) is 26.7. The highest BCUT2D eigenvalue weighted by Crippen LogP contribution is 2.38. The minimum atomic E-state index is -0.810. The van der Waals surface area contributed by atoms with Crippen LogP contribution in [0.4, 0.5) is 10.5 Å². The molecule has 4 rings (SSSR count). The molecule has 3 aromatic rings. The molecule has 1 heterocycles. The lowest BCUT2D eigenvalue weighted by Gasteiger charge is -2.27. The van der Waals surface area contributed by atoms with E-state index in [0.717, 1.165) is 21.6 Å². The first-order valence-electron chi connectivity index (χ1n) is 11.5. The number of hydrogen-bond acceptors (Lipinski definition) is 5. The predicted molar refractivity (Wildman–Crippen MR) is 143 cm³/mol. The van der Waals surface area contributed by atoms with Crippen molar-refractivity contribution < 1.29 is 23.9 Å². The van der Waals surface area contributed by atoms with Crippen molar-refractivity contribution in [1.82, 2.24) is 5.32 Å². The zero-order valence-electron chi connectivity index (χ0n) is 20.4. The maximum atomic E-state index is 13.3. The van der Waals surface area contributed by atoms with Crippen LogP contribution in [0.1, 0.15) is 29.2 Å².